The van der Waals surface area contributed by atoms with Gasteiger partial charge in [0.15, 0.2) is 0 Å². The summed E-state index contributed by atoms with van der Waals surface area (Å²) >= 11 is 0. The van der Waals surface area contributed by atoms with Gasteiger partial charge in [0.25, 0.3) is 0 Å². The molecule has 0 saturated heterocycles. The van der Waals surface area contributed by atoms with Crippen LogP contribution in [0.1, 0.15) is 0 Å². The van der Waals surface area contributed by atoms with Gasteiger partial charge in [0.05, 0.1) is 0 Å². The van der Waals surface area contributed by atoms with E-state index in [1.807, 2.05) is 0 Å². The van der Waals surface area contributed by atoms with Crippen LogP contribution in [0.4, 0.5) is 0 Å². The SMILES string of the molecule is O=[S-](=O)O.O=[S-](=O)O.O=[S-](=O)O.O=[S-](=O)O.[V+4]. The molecule has 0 aromatic carbocycles. The molecular weight excluding hydrogens is 371 g/mol. The van der Waals surface area contributed by atoms with Crippen molar-refractivity contribution in [2.24, 2.45) is 0 Å². The largest absolute Gasteiger partial charge is 4.00 e. The molecular formula is H4O12S4V. The summed E-state index contributed by atoms with van der Waals surface area (Å²) < 4.78 is 96.3. The van der Waals surface area contributed by atoms with Crippen molar-refractivity contribution < 1.29 is 70.4 Å². The van der Waals surface area contributed by atoms with Crippen LogP contribution in [-0.4, -0.2) is 18.2 Å². The van der Waals surface area contributed by atoms with Gasteiger partial charge in [-0.3, -0.25) is 0 Å². The minimum atomic E-state index is -2.86. The van der Waals surface area contributed by atoms with Crippen LogP contribution in [0.3, 0.4) is 0 Å². The average molecular weight is 375 g/mol. The summed E-state index contributed by atoms with van der Waals surface area (Å²) in [4.78, 5) is 0. The minimum absolute atomic E-state index is 0. The molecule has 0 amide bonds. The Morgan fingerprint density at radius 3 is 0.412 bits per heavy atom. The second-order valence-corrected chi connectivity index (χ2v) is 2.61. The summed E-state index contributed by atoms with van der Waals surface area (Å²) in [7, 11) is -11.4. The molecule has 4 N–H and O–H groups in total. The van der Waals surface area contributed by atoms with Gasteiger partial charge in [-0.2, -0.15) is 0 Å². The maximum absolute atomic E-state index is 8.56. The van der Waals surface area contributed by atoms with Gasteiger partial charge in [0.2, 0.25) is 0 Å². The topological polar surface area (TPSA) is 217 Å². The van der Waals surface area contributed by atoms with Gasteiger partial charge in [-0.15, -0.1) is 0 Å². The van der Waals surface area contributed by atoms with Gasteiger partial charge in [-0.25, -0.2) is 0 Å². The van der Waals surface area contributed by atoms with Gasteiger partial charge in [0.1, 0.15) is 0 Å². The van der Waals surface area contributed by atoms with Crippen molar-refractivity contribution in [2.75, 3.05) is 0 Å². The predicted octanol–water partition coefficient (Wildman–Crippen LogP) is -0.928. The van der Waals surface area contributed by atoms with E-state index in [0.717, 1.165) is 0 Å². The fourth-order valence-electron chi connectivity index (χ4n) is 0. The van der Waals surface area contributed by atoms with Crippen molar-refractivity contribution in [2.45, 2.75) is 0 Å². The Hall–Kier alpha value is 0.224. The smallest absolute Gasteiger partial charge is 0.439 e. The quantitative estimate of drug-likeness (QED) is 0.229. The molecule has 0 fully saturated rings. The van der Waals surface area contributed by atoms with Gasteiger partial charge in [-0.05, 0) is 0 Å². The first-order valence-electron chi connectivity index (χ1n) is 2.06. The summed E-state index contributed by atoms with van der Waals surface area (Å²) in [5.41, 5.74) is 0. The molecule has 0 aliphatic heterocycles. The molecule has 17 heteroatoms. The molecule has 0 aromatic heterocycles. The van der Waals surface area contributed by atoms with E-state index < -0.39 is 43.9 Å². The second-order valence-electron chi connectivity index (χ2n) is 0.868. The zero-order chi connectivity index (χ0) is 14.3. The Kier molecular flexibility index (Phi) is 44.9. The third-order valence-electron chi connectivity index (χ3n) is 0. The van der Waals surface area contributed by atoms with Crippen molar-refractivity contribution >= 4 is 43.9 Å². The Bertz CT molecular complexity index is 292. The standard InChI is InChI=1S/4HO3S.V/c4*1-4(2)3;/h4*(H,1,2,3);/q4*-1;+4. The third-order valence-corrected chi connectivity index (χ3v) is 0. The summed E-state index contributed by atoms with van der Waals surface area (Å²) in [6, 6.07) is 0. The summed E-state index contributed by atoms with van der Waals surface area (Å²) in [5, 5.41) is 0. The first kappa shape index (κ1) is 30.3. The summed E-state index contributed by atoms with van der Waals surface area (Å²) in [6.07, 6.45) is 0. The van der Waals surface area contributed by atoms with Crippen molar-refractivity contribution in [1.29, 1.82) is 0 Å². The molecule has 0 saturated carbocycles. The Labute approximate surface area is 114 Å². The molecule has 0 unspecified atom stereocenters. The normalized spacial score (nSPS) is 8.00. The third kappa shape index (κ3) is 65200. The fraction of sp³-hybridized carbons (Fsp3) is 0. The zero-order valence-corrected chi connectivity index (χ0v) is 11.8. The van der Waals surface area contributed by atoms with E-state index >= 15 is 0 Å². The Morgan fingerprint density at radius 2 is 0.412 bits per heavy atom. The van der Waals surface area contributed by atoms with Gasteiger partial charge >= 0.3 is 18.6 Å². The Morgan fingerprint density at radius 1 is 0.412 bits per heavy atom. The van der Waals surface area contributed by atoms with Crippen LogP contribution < -0.4 is 0 Å². The van der Waals surface area contributed by atoms with E-state index in [-0.39, 0.29) is 18.6 Å². The molecule has 17 heavy (non-hydrogen) atoms. The van der Waals surface area contributed by atoms with E-state index in [2.05, 4.69) is 0 Å². The number of hydrogen-bond acceptors (Lipinski definition) is 12. The van der Waals surface area contributed by atoms with Crippen molar-refractivity contribution in [3.05, 3.63) is 0 Å². The molecule has 0 aliphatic carbocycles. The number of rotatable bonds is 0. The van der Waals surface area contributed by atoms with E-state index in [1.54, 1.807) is 0 Å². The van der Waals surface area contributed by atoms with Crippen molar-refractivity contribution in [3.8, 4) is 0 Å². The minimum Gasteiger partial charge on any atom is -0.439 e. The predicted molar refractivity (Wildman–Crippen MR) is 45.5 cm³/mol. The van der Waals surface area contributed by atoms with Crippen molar-refractivity contribution in [3.63, 3.8) is 0 Å². The molecule has 0 aromatic rings. The molecule has 1 radical (unpaired) electrons. The fourth-order valence-corrected chi connectivity index (χ4v) is 0. The van der Waals surface area contributed by atoms with Crippen LogP contribution in [0, 0.1) is 0 Å². The zero-order valence-electron chi connectivity index (χ0n) is 7.14. The molecule has 0 spiro atoms. The Balaban J connectivity index is -0.0000000369. The molecule has 0 bridgehead atoms. The van der Waals surface area contributed by atoms with Crippen LogP contribution in [0.5, 0.6) is 0 Å². The second kappa shape index (κ2) is 25.2. The van der Waals surface area contributed by atoms with Gasteiger partial charge in [-0.1, -0.05) is 0 Å². The van der Waals surface area contributed by atoms with E-state index in [4.69, 9.17) is 51.9 Å². The van der Waals surface area contributed by atoms with Crippen LogP contribution in [0.2, 0.25) is 0 Å². The average Bonchev–Trinajstić information content (AvgIpc) is 1.76. The van der Waals surface area contributed by atoms with Crippen LogP contribution in [0.15, 0.2) is 0 Å². The summed E-state index contributed by atoms with van der Waals surface area (Å²) in [5.74, 6) is 0. The molecule has 0 atom stereocenters. The van der Waals surface area contributed by atoms with Crippen LogP contribution >= 0.6 is 0 Å². The maximum Gasteiger partial charge on any atom is 4.00 e. The number of hydrogen-bond donors (Lipinski definition) is 4. The van der Waals surface area contributed by atoms with E-state index in [1.165, 1.54) is 0 Å². The van der Waals surface area contributed by atoms with Crippen LogP contribution in [-0.2, 0) is 96.2 Å². The molecule has 0 rings (SSSR count). The van der Waals surface area contributed by atoms with Gasteiger partial charge in [0, 0.05) is 43.9 Å². The van der Waals surface area contributed by atoms with Crippen LogP contribution in [0.25, 0.3) is 0 Å². The van der Waals surface area contributed by atoms with E-state index in [9.17, 15) is 0 Å². The molecule has 105 valence electrons. The molecule has 0 heterocycles. The first-order chi connectivity index (χ1) is 6.93. The van der Waals surface area contributed by atoms with Crippen molar-refractivity contribution in [1.82, 2.24) is 0 Å². The van der Waals surface area contributed by atoms with Gasteiger partial charge < -0.3 is 51.9 Å². The van der Waals surface area contributed by atoms with E-state index in [0.29, 0.717) is 0 Å². The monoisotopic (exact) mass is 375 g/mol. The molecule has 0 aliphatic rings. The molecule has 12 nitrogen and oxygen atoms in total. The maximum atomic E-state index is 8.56. The summed E-state index contributed by atoms with van der Waals surface area (Å²) in [6.45, 7) is 0. The first-order valence-corrected chi connectivity index (χ1v) is 6.19.